The Labute approximate surface area is 197 Å². The Morgan fingerprint density at radius 2 is 1.76 bits per heavy atom. The first-order chi connectivity index (χ1) is 16.5. The number of benzene rings is 3. The molecule has 3 aromatic carbocycles. The Balaban J connectivity index is 1.76. The highest BCUT2D eigenvalue weighted by atomic mass is 19.1. The number of fused-ring (bicyclic) bond motifs is 1. The van der Waals surface area contributed by atoms with Crippen molar-refractivity contribution in [1.82, 2.24) is 10.2 Å². The summed E-state index contributed by atoms with van der Waals surface area (Å²) in [5.74, 6) is -1.06. The monoisotopic (exact) mass is 452 g/mol. The van der Waals surface area contributed by atoms with Crippen LogP contribution in [-0.2, 0) is 4.79 Å². The zero-order chi connectivity index (χ0) is 23.7. The lowest BCUT2D eigenvalue weighted by molar-refractivity contribution is -0.131. The van der Waals surface area contributed by atoms with E-state index in [1.165, 1.54) is 17.6 Å². The van der Waals surface area contributed by atoms with Gasteiger partial charge in [-0.25, -0.2) is 4.79 Å². The van der Waals surface area contributed by atoms with E-state index >= 15 is 0 Å². The number of nitrogens with zero attached hydrogens (tertiary/aromatic N) is 1. The van der Waals surface area contributed by atoms with Gasteiger partial charge in [-0.1, -0.05) is 61.0 Å². The Morgan fingerprint density at radius 1 is 1.03 bits per heavy atom. The number of carboxylic acid groups (broad SMARTS) is 1. The standard InChI is InChI=1S/C29H25FN2O2/c1-18-16-22(11-10-19(18)13-15-26(33)34)28(23-12-14-25-24(17-23)29(30)32-31-25)27(21-8-5-9-21)20-6-3-2-4-7-20/h2-4,6-7,10-17,21H,5,8-9H2,1H3,(H,31,32)(H,33,34). The van der Waals surface area contributed by atoms with Crippen molar-refractivity contribution in [1.29, 1.82) is 0 Å². The third-order valence-electron chi connectivity index (χ3n) is 6.64. The van der Waals surface area contributed by atoms with Crippen LogP contribution in [0.15, 0.2) is 72.8 Å². The number of aromatic nitrogens is 2. The van der Waals surface area contributed by atoms with Crippen molar-refractivity contribution in [2.45, 2.75) is 26.2 Å². The third-order valence-corrected chi connectivity index (χ3v) is 6.64. The van der Waals surface area contributed by atoms with Gasteiger partial charge in [0.25, 0.3) is 0 Å². The molecule has 0 radical (unpaired) electrons. The molecule has 0 unspecified atom stereocenters. The molecule has 1 heterocycles. The molecule has 5 rings (SSSR count). The van der Waals surface area contributed by atoms with Crippen molar-refractivity contribution in [3.05, 3.63) is 107 Å². The van der Waals surface area contributed by atoms with Crippen molar-refractivity contribution >= 4 is 34.1 Å². The van der Waals surface area contributed by atoms with Gasteiger partial charge in [0, 0.05) is 6.08 Å². The van der Waals surface area contributed by atoms with Crippen LogP contribution < -0.4 is 0 Å². The molecule has 1 aliphatic carbocycles. The number of aliphatic carboxylic acids is 1. The van der Waals surface area contributed by atoms with Crippen LogP contribution in [0.3, 0.4) is 0 Å². The summed E-state index contributed by atoms with van der Waals surface area (Å²) in [6, 6.07) is 22.2. The molecular weight excluding hydrogens is 427 g/mol. The van der Waals surface area contributed by atoms with Gasteiger partial charge in [0.05, 0.1) is 10.9 Å². The first kappa shape index (κ1) is 21.8. The van der Waals surface area contributed by atoms with Gasteiger partial charge in [-0.15, -0.1) is 5.10 Å². The molecule has 1 fully saturated rings. The minimum absolute atomic E-state index is 0.425. The quantitative estimate of drug-likeness (QED) is 0.248. The molecular formula is C29H25FN2O2. The first-order valence-corrected chi connectivity index (χ1v) is 11.5. The molecule has 1 aliphatic rings. The number of nitrogens with one attached hydrogen (secondary N) is 1. The number of halogens is 1. The molecule has 0 bridgehead atoms. The van der Waals surface area contributed by atoms with E-state index in [9.17, 15) is 9.18 Å². The molecule has 170 valence electrons. The van der Waals surface area contributed by atoms with Crippen molar-refractivity contribution in [2.24, 2.45) is 5.92 Å². The molecule has 0 amide bonds. The highest BCUT2D eigenvalue weighted by Crippen LogP contribution is 2.45. The molecule has 1 aromatic heterocycles. The van der Waals surface area contributed by atoms with E-state index < -0.39 is 11.9 Å². The predicted octanol–water partition coefficient (Wildman–Crippen LogP) is 6.87. The van der Waals surface area contributed by atoms with Crippen LogP contribution in [0.4, 0.5) is 4.39 Å². The summed E-state index contributed by atoms with van der Waals surface area (Å²) in [5.41, 5.74) is 7.97. The number of carbonyl (C=O) groups is 1. The summed E-state index contributed by atoms with van der Waals surface area (Å²) in [4.78, 5) is 11.0. The summed E-state index contributed by atoms with van der Waals surface area (Å²) >= 11 is 0. The summed E-state index contributed by atoms with van der Waals surface area (Å²) in [7, 11) is 0. The molecule has 1 saturated carbocycles. The van der Waals surface area contributed by atoms with E-state index in [1.807, 2.05) is 43.3 Å². The molecule has 4 aromatic rings. The first-order valence-electron chi connectivity index (χ1n) is 11.5. The van der Waals surface area contributed by atoms with Gasteiger partial charge in [-0.05, 0) is 82.9 Å². The highest BCUT2D eigenvalue weighted by molar-refractivity contribution is 6.01. The third kappa shape index (κ3) is 4.17. The number of aryl methyl sites for hydroxylation is 1. The Kier molecular flexibility index (Phi) is 5.84. The molecule has 2 N–H and O–H groups in total. The predicted molar refractivity (Wildman–Crippen MR) is 134 cm³/mol. The maximum Gasteiger partial charge on any atom is 0.328 e. The van der Waals surface area contributed by atoms with E-state index in [2.05, 4.69) is 40.5 Å². The van der Waals surface area contributed by atoms with E-state index in [0.29, 0.717) is 16.8 Å². The topological polar surface area (TPSA) is 66.0 Å². The van der Waals surface area contributed by atoms with Crippen LogP contribution in [0.5, 0.6) is 0 Å². The molecule has 0 atom stereocenters. The fourth-order valence-corrected chi connectivity index (χ4v) is 4.69. The zero-order valence-corrected chi connectivity index (χ0v) is 18.9. The maximum atomic E-state index is 14.4. The summed E-state index contributed by atoms with van der Waals surface area (Å²) in [5, 5.41) is 16.0. The average Bonchev–Trinajstić information content (AvgIpc) is 3.17. The molecule has 0 saturated heterocycles. The Hall–Kier alpha value is -3.99. The Bertz CT molecular complexity index is 1430. The molecule has 5 heteroatoms. The fraction of sp³-hybridized carbons (Fsp3) is 0.172. The number of rotatable bonds is 6. The van der Waals surface area contributed by atoms with E-state index in [1.54, 1.807) is 6.08 Å². The van der Waals surface area contributed by atoms with Gasteiger partial charge in [-0.2, -0.15) is 4.39 Å². The van der Waals surface area contributed by atoms with Gasteiger partial charge in [-0.3, -0.25) is 5.10 Å². The number of aromatic amines is 1. The lowest BCUT2D eigenvalue weighted by Gasteiger charge is -2.31. The van der Waals surface area contributed by atoms with Gasteiger partial charge < -0.3 is 5.11 Å². The largest absolute Gasteiger partial charge is 0.478 e. The van der Waals surface area contributed by atoms with Crippen molar-refractivity contribution in [2.75, 3.05) is 0 Å². The van der Waals surface area contributed by atoms with Gasteiger partial charge in [0.2, 0.25) is 5.95 Å². The maximum absolute atomic E-state index is 14.4. The number of carboxylic acids is 1. The van der Waals surface area contributed by atoms with Crippen molar-refractivity contribution in [3.63, 3.8) is 0 Å². The normalized spacial score (nSPS) is 14.9. The second-order valence-electron chi connectivity index (χ2n) is 8.80. The van der Waals surface area contributed by atoms with Crippen LogP contribution in [0.1, 0.15) is 47.1 Å². The van der Waals surface area contributed by atoms with Crippen LogP contribution in [0.25, 0.3) is 28.1 Å². The number of allylic oxidation sites excluding steroid dienone is 1. The van der Waals surface area contributed by atoms with E-state index in [4.69, 9.17) is 5.11 Å². The van der Waals surface area contributed by atoms with Crippen LogP contribution in [0, 0.1) is 18.8 Å². The number of hydrogen-bond donors (Lipinski definition) is 2. The van der Waals surface area contributed by atoms with Crippen LogP contribution in [-0.4, -0.2) is 21.3 Å². The minimum Gasteiger partial charge on any atom is -0.478 e. The van der Waals surface area contributed by atoms with Crippen LogP contribution >= 0.6 is 0 Å². The van der Waals surface area contributed by atoms with Gasteiger partial charge in [0.1, 0.15) is 0 Å². The zero-order valence-electron chi connectivity index (χ0n) is 18.9. The number of H-pyrrole nitrogens is 1. The molecule has 4 nitrogen and oxygen atoms in total. The van der Waals surface area contributed by atoms with E-state index in [0.717, 1.165) is 46.7 Å². The Morgan fingerprint density at radius 3 is 2.44 bits per heavy atom. The minimum atomic E-state index is -0.976. The van der Waals surface area contributed by atoms with Gasteiger partial charge in [0.15, 0.2) is 0 Å². The summed E-state index contributed by atoms with van der Waals surface area (Å²) < 4.78 is 14.4. The average molecular weight is 453 g/mol. The van der Waals surface area contributed by atoms with Gasteiger partial charge >= 0.3 is 5.97 Å². The van der Waals surface area contributed by atoms with Crippen molar-refractivity contribution < 1.29 is 14.3 Å². The molecule has 34 heavy (non-hydrogen) atoms. The lowest BCUT2D eigenvalue weighted by Crippen LogP contribution is -2.15. The lowest BCUT2D eigenvalue weighted by atomic mass is 9.73. The fourth-order valence-electron chi connectivity index (χ4n) is 4.69. The second kappa shape index (κ2) is 9.10. The summed E-state index contributed by atoms with van der Waals surface area (Å²) in [6.45, 7) is 1.98. The summed E-state index contributed by atoms with van der Waals surface area (Å²) in [6.07, 6.45) is 6.20. The van der Waals surface area contributed by atoms with Crippen LogP contribution in [0.2, 0.25) is 0 Å². The molecule has 0 spiro atoms. The highest BCUT2D eigenvalue weighted by Gasteiger charge is 2.27. The number of hydrogen-bond acceptors (Lipinski definition) is 2. The van der Waals surface area contributed by atoms with E-state index in [-0.39, 0.29) is 0 Å². The molecule has 0 aliphatic heterocycles. The van der Waals surface area contributed by atoms with Crippen molar-refractivity contribution in [3.8, 4) is 0 Å². The second-order valence-corrected chi connectivity index (χ2v) is 8.80. The SMILES string of the molecule is Cc1cc(C(=C(c2ccccc2)C2CCC2)c2ccc3[nH]nc(F)c3c2)ccc1C=CC(=O)O. The smallest absolute Gasteiger partial charge is 0.328 e.